The zero-order valence-electron chi connectivity index (χ0n) is 8.40. The van der Waals surface area contributed by atoms with Crippen LogP contribution < -0.4 is 10.1 Å². The highest BCUT2D eigenvalue weighted by atomic mass is 16.5. The third-order valence-corrected chi connectivity index (χ3v) is 1.78. The van der Waals surface area contributed by atoms with Crippen molar-refractivity contribution in [2.24, 2.45) is 0 Å². The molecule has 1 aromatic rings. The van der Waals surface area contributed by atoms with Gasteiger partial charge in [0.1, 0.15) is 0 Å². The maximum Gasteiger partial charge on any atom is 0.226 e. The lowest BCUT2D eigenvalue weighted by molar-refractivity contribution is 0.282. The molecule has 5 heteroatoms. The summed E-state index contributed by atoms with van der Waals surface area (Å²) >= 11 is 0. The fourth-order valence-corrected chi connectivity index (χ4v) is 1.01. The van der Waals surface area contributed by atoms with Gasteiger partial charge in [-0.1, -0.05) is 0 Å². The maximum atomic E-state index is 8.71. The van der Waals surface area contributed by atoms with E-state index in [1.165, 1.54) is 0 Å². The molecule has 0 saturated carbocycles. The Hall–Kier alpha value is -1.36. The molecule has 14 heavy (non-hydrogen) atoms. The lowest BCUT2D eigenvalue weighted by atomic mass is 10.2. The van der Waals surface area contributed by atoms with E-state index in [1.54, 1.807) is 19.4 Å². The number of anilines is 1. The number of nitrogens with one attached hydrogen (secondary N) is 1. The zero-order chi connectivity index (χ0) is 10.4. The van der Waals surface area contributed by atoms with E-state index in [0.717, 1.165) is 0 Å². The van der Waals surface area contributed by atoms with Gasteiger partial charge in [-0.25, -0.2) is 4.98 Å². The molecule has 1 heterocycles. The van der Waals surface area contributed by atoms with Crippen LogP contribution in [0, 0.1) is 0 Å². The van der Waals surface area contributed by atoms with Gasteiger partial charge in [0.25, 0.3) is 0 Å². The van der Waals surface area contributed by atoms with Gasteiger partial charge in [0.05, 0.1) is 7.11 Å². The number of aliphatic hydroxyl groups is 1. The molecule has 0 aliphatic carbocycles. The van der Waals surface area contributed by atoms with E-state index in [2.05, 4.69) is 15.3 Å². The summed E-state index contributed by atoms with van der Waals surface area (Å²) in [5, 5.41) is 11.8. The number of aromatic nitrogens is 2. The molecule has 1 unspecified atom stereocenters. The van der Waals surface area contributed by atoms with E-state index in [1.807, 2.05) is 6.92 Å². The first-order chi connectivity index (χ1) is 6.76. The van der Waals surface area contributed by atoms with Gasteiger partial charge in [-0.2, -0.15) is 4.98 Å². The van der Waals surface area contributed by atoms with Crippen LogP contribution >= 0.6 is 0 Å². The first-order valence-corrected chi connectivity index (χ1v) is 4.50. The Morgan fingerprint density at radius 3 is 3.07 bits per heavy atom. The van der Waals surface area contributed by atoms with Gasteiger partial charge < -0.3 is 15.2 Å². The Morgan fingerprint density at radius 2 is 2.43 bits per heavy atom. The average molecular weight is 197 g/mol. The molecule has 1 aromatic heterocycles. The summed E-state index contributed by atoms with van der Waals surface area (Å²) in [6.45, 7) is 2.11. The van der Waals surface area contributed by atoms with Gasteiger partial charge in [-0.05, 0) is 13.3 Å². The lowest BCUT2D eigenvalue weighted by Crippen LogP contribution is -2.18. The van der Waals surface area contributed by atoms with Crippen molar-refractivity contribution in [1.82, 2.24) is 9.97 Å². The standard InChI is InChI=1S/C9H15N3O2/c1-7(4-6-13)11-9-10-5-3-8(12-9)14-2/h3,5,7,13H,4,6H2,1-2H3,(H,10,11,12). The molecule has 1 atom stereocenters. The fourth-order valence-electron chi connectivity index (χ4n) is 1.01. The van der Waals surface area contributed by atoms with Crippen LogP contribution in [0.3, 0.4) is 0 Å². The zero-order valence-corrected chi connectivity index (χ0v) is 8.40. The highest BCUT2D eigenvalue weighted by Gasteiger charge is 2.03. The molecular weight excluding hydrogens is 182 g/mol. The molecule has 1 rings (SSSR count). The van der Waals surface area contributed by atoms with Crippen LogP contribution in [0.15, 0.2) is 12.3 Å². The van der Waals surface area contributed by atoms with Gasteiger partial charge in [-0.3, -0.25) is 0 Å². The molecule has 0 aromatic carbocycles. The number of aliphatic hydroxyl groups excluding tert-OH is 1. The molecule has 5 nitrogen and oxygen atoms in total. The maximum absolute atomic E-state index is 8.71. The summed E-state index contributed by atoms with van der Waals surface area (Å²) in [4.78, 5) is 8.11. The van der Waals surface area contributed by atoms with Crippen molar-refractivity contribution in [3.63, 3.8) is 0 Å². The minimum atomic E-state index is 0.145. The molecule has 0 radical (unpaired) electrons. The highest BCUT2D eigenvalue weighted by Crippen LogP contribution is 2.08. The molecule has 0 fully saturated rings. The average Bonchev–Trinajstić information content (AvgIpc) is 2.18. The normalized spacial score (nSPS) is 12.2. The van der Waals surface area contributed by atoms with Crippen LogP contribution in [0.2, 0.25) is 0 Å². The molecule has 78 valence electrons. The second-order valence-corrected chi connectivity index (χ2v) is 2.98. The number of ether oxygens (including phenoxy) is 1. The first kappa shape index (κ1) is 10.7. The van der Waals surface area contributed by atoms with Crippen molar-refractivity contribution in [3.8, 4) is 5.88 Å². The Labute approximate surface area is 83.2 Å². The van der Waals surface area contributed by atoms with E-state index >= 15 is 0 Å². The number of hydrogen-bond acceptors (Lipinski definition) is 5. The van der Waals surface area contributed by atoms with Crippen molar-refractivity contribution < 1.29 is 9.84 Å². The molecule has 0 amide bonds. The Balaban J connectivity index is 2.57. The molecule has 0 aliphatic rings. The summed E-state index contributed by atoms with van der Waals surface area (Å²) in [5.41, 5.74) is 0. The molecule has 0 spiro atoms. The quantitative estimate of drug-likeness (QED) is 0.726. The van der Waals surface area contributed by atoms with Crippen LogP contribution in [0.4, 0.5) is 5.95 Å². The monoisotopic (exact) mass is 197 g/mol. The van der Waals surface area contributed by atoms with Crippen LogP contribution in [0.1, 0.15) is 13.3 Å². The first-order valence-electron chi connectivity index (χ1n) is 4.50. The van der Waals surface area contributed by atoms with Gasteiger partial charge in [0, 0.05) is 24.9 Å². The summed E-state index contributed by atoms with van der Waals surface area (Å²) in [5.74, 6) is 1.05. The van der Waals surface area contributed by atoms with Crippen LogP contribution in [-0.2, 0) is 0 Å². The molecule has 2 N–H and O–H groups in total. The predicted octanol–water partition coefficient (Wildman–Crippen LogP) is 0.668. The second kappa shape index (κ2) is 5.39. The fraction of sp³-hybridized carbons (Fsp3) is 0.556. The van der Waals surface area contributed by atoms with Crippen molar-refractivity contribution >= 4 is 5.95 Å². The van der Waals surface area contributed by atoms with Gasteiger partial charge in [0.15, 0.2) is 0 Å². The summed E-state index contributed by atoms with van der Waals surface area (Å²) in [6, 6.07) is 1.83. The number of hydrogen-bond donors (Lipinski definition) is 2. The smallest absolute Gasteiger partial charge is 0.226 e. The number of methoxy groups -OCH3 is 1. The minimum absolute atomic E-state index is 0.145. The Kier molecular flexibility index (Phi) is 4.12. The lowest BCUT2D eigenvalue weighted by Gasteiger charge is -2.12. The van der Waals surface area contributed by atoms with E-state index in [4.69, 9.17) is 9.84 Å². The largest absolute Gasteiger partial charge is 0.481 e. The topological polar surface area (TPSA) is 67.3 Å². The van der Waals surface area contributed by atoms with Crippen LogP contribution in [-0.4, -0.2) is 34.8 Å². The van der Waals surface area contributed by atoms with Crippen molar-refractivity contribution in [3.05, 3.63) is 12.3 Å². The predicted molar refractivity (Wildman–Crippen MR) is 53.4 cm³/mol. The molecule has 0 bridgehead atoms. The summed E-state index contributed by atoms with van der Waals surface area (Å²) < 4.78 is 4.96. The Bertz CT molecular complexity index is 281. The highest BCUT2D eigenvalue weighted by molar-refractivity contribution is 5.28. The SMILES string of the molecule is COc1ccnc(NC(C)CCO)n1. The van der Waals surface area contributed by atoms with Crippen molar-refractivity contribution in [1.29, 1.82) is 0 Å². The van der Waals surface area contributed by atoms with Crippen molar-refractivity contribution in [2.45, 2.75) is 19.4 Å². The van der Waals surface area contributed by atoms with Crippen LogP contribution in [0.25, 0.3) is 0 Å². The second-order valence-electron chi connectivity index (χ2n) is 2.98. The molecular formula is C9H15N3O2. The summed E-state index contributed by atoms with van der Waals surface area (Å²) in [6.07, 6.45) is 2.29. The minimum Gasteiger partial charge on any atom is -0.481 e. The van der Waals surface area contributed by atoms with E-state index < -0.39 is 0 Å². The Morgan fingerprint density at radius 1 is 1.64 bits per heavy atom. The third-order valence-electron chi connectivity index (χ3n) is 1.78. The van der Waals surface area contributed by atoms with E-state index in [-0.39, 0.29) is 12.6 Å². The number of rotatable bonds is 5. The van der Waals surface area contributed by atoms with E-state index in [9.17, 15) is 0 Å². The third kappa shape index (κ3) is 3.18. The number of nitrogens with zero attached hydrogens (tertiary/aromatic N) is 2. The van der Waals surface area contributed by atoms with Crippen molar-refractivity contribution in [2.75, 3.05) is 19.0 Å². The van der Waals surface area contributed by atoms with Gasteiger partial charge >= 0.3 is 0 Å². The van der Waals surface area contributed by atoms with Gasteiger partial charge in [-0.15, -0.1) is 0 Å². The molecule has 0 aliphatic heterocycles. The van der Waals surface area contributed by atoms with Gasteiger partial charge in [0.2, 0.25) is 11.8 Å². The summed E-state index contributed by atoms with van der Waals surface area (Å²) in [7, 11) is 1.56. The molecule has 0 saturated heterocycles. The van der Waals surface area contributed by atoms with E-state index in [0.29, 0.717) is 18.2 Å². The van der Waals surface area contributed by atoms with Crippen LogP contribution in [0.5, 0.6) is 5.88 Å².